The van der Waals surface area contributed by atoms with Crippen LogP contribution in [-0.2, 0) is 6.54 Å². The molecule has 0 aliphatic carbocycles. The van der Waals surface area contributed by atoms with Crippen molar-refractivity contribution in [3.63, 3.8) is 0 Å². The first-order valence-electron chi connectivity index (χ1n) is 5.17. The van der Waals surface area contributed by atoms with Crippen LogP contribution < -0.4 is 5.73 Å². The molecule has 0 amide bonds. The molecular formula is C12H14ClN3. The quantitative estimate of drug-likeness (QED) is 0.889. The van der Waals surface area contributed by atoms with Crippen molar-refractivity contribution in [1.29, 1.82) is 0 Å². The summed E-state index contributed by atoms with van der Waals surface area (Å²) in [5, 5.41) is 5.00. The normalized spacial score (nSPS) is 12.7. The van der Waals surface area contributed by atoms with Crippen LogP contribution >= 0.6 is 11.6 Å². The van der Waals surface area contributed by atoms with Gasteiger partial charge in [0.25, 0.3) is 0 Å². The van der Waals surface area contributed by atoms with E-state index < -0.39 is 0 Å². The molecule has 84 valence electrons. The Morgan fingerprint density at radius 1 is 1.50 bits per heavy atom. The van der Waals surface area contributed by atoms with Crippen molar-refractivity contribution in [2.75, 3.05) is 0 Å². The van der Waals surface area contributed by atoms with Crippen LogP contribution in [0.2, 0.25) is 5.02 Å². The molecule has 4 heteroatoms. The minimum atomic E-state index is 0.0214. The molecule has 0 bridgehead atoms. The van der Waals surface area contributed by atoms with Crippen LogP contribution in [-0.4, -0.2) is 9.78 Å². The van der Waals surface area contributed by atoms with Gasteiger partial charge in [-0.25, -0.2) is 0 Å². The molecule has 0 aliphatic rings. The highest BCUT2D eigenvalue weighted by molar-refractivity contribution is 6.30. The molecule has 0 saturated carbocycles. The predicted octanol–water partition coefficient (Wildman–Crippen LogP) is 2.60. The van der Waals surface area contributed by atoms with E-state index >= 15 is 0 Å². The number of nitrogens with two attached hydrogens (primary N) is 1. The molecule has 1 atom stereocenters. The maximum Gasteiger partial charge on any atom is 0.0660 e. The molecular weight excluding hydrogens is 222 g/mol. The third-order valence-electron chi connectivity index (χ3n) is 2.41. The van der Waals surface area contributed by atoms with Gasteiger partial charge in [-0.2, -0.15) is 5.10 Å². The lowest BCUT2D eigenvalue weighted by molar-refractivity contribution is 0.684. The van der Waals surface area contributed by atoms with Gasteiger partial charge >= 0.3 is 0 Å². The predicted molar refractivity (Wildman–Crippen MR) is 65.4 cm³/mol. The van der Waals surface area contributed by atoms with E-state index in [2.05, 4.69) is 5.10 Å². The van der Waals surface area contributed by atoms with Gasteiger partial charge in [-0.3, -0.25) is 4.68 Å². The summed E-state index contributed by atoms with van der Waals surface area (Å²) < 4.78 is 1.87. The molecule has 1 aromatic carbocycles. The van der Waals surface area contributed by atoms with Crippen LogP contribution in [0.25, 0.3) is 0 Å². The van der Waals surface area contributed by atoms with Crippen molar-refractivity contribution in [3.8, 4) is 0 Å². The Morgan fingerprint density at radius 2 is 2.31 bits per heavy atom. The van der Waals surface area contributed by atoms with Gasteiger partial charge in [-0.15, -0.1) is 0 Å². The molecule has 0 spiro atoms. The van der Waals surface area contributed by atoms with Crippen LogP contribution in [0.3, 0.4) is 0 Å². The second kappa shape index (κ2) is 4.68. The minimum Gasteiger partial charge on any atom is -0.324 e. The van der Waals surface area contributed by atoms with Crippen molar-refractivity contribution in [3.05, 3.63) is 52.8 Å². The van der Waals surface area contributed by atoms with E-state index in [1.807, 2.05) is 42.1 Å². The zero-order valence-electron chi connectivity index (χ0n) is 9.10. The smallest absolute Gasteiger partial charge is 0.0660 e. The Hall–Kier alpha value is -1.32. The van der Waals surface area contributed by atoms with E-state index in [0.29, 0.717) is 6.54 Å². The van der Waals surface area contributed by atoms with Gasteiger partial charge in [0.1, 0.15) is 0 Å². The first-order valence-corrected chi connectivity index (χ1v) is 5.55. The van der Waals surface area contributed by atoms with E-state index in [0.717, 1.165) is 16.1 Å². The number of benzene rings is 1. The number of halogens is 1. The molecule has 0 fully saturated rings. The van der Waals surface area contributed by atoms with Gasteiger partial charge in [0.05, 0.1) is 12.7 Å². The lowest BCUT2D eigenvalue weighted by Gasteiger charge is -2.02. The monoisotopic (exact) mass is 235 g/mol. The lowest BCUT2D eigenvalue weighted by atomic mass is 10.2. The molecule has 16 heavy (non-hydrogen) atoms. The van der Waals surface area contributed by atoms with Gasteiger partial charge in [-0.1, -0.05) is 23.7 Å². The van der Waals surface area contributed by atoms with E-state index in [1.54, 1.807) is 6.20 Å². The van der Waals surface area contributed by atoms with Crippen LogP contribution in [0.1, 0.15) is 24.1 Å². The van der Waals surface area contributed by atoms with Crippen molar-refractivity contribution in [1.82, 2.24) is 9.78 Å². The maximum atomic E-state index is 5.92. The number of hydrogen-bond acceptors (Lipinski definition) is 2. The fraction of sp³-hybridized carbons (Fsp3) is 0.250. The third kappa shape index (κ3) is 2.62. The van der Waals surface area contributed by atoms with Crippen LogP contribution in [0.5, 0.6) is 0 Å². The Balaban J connectivity index is 2.14. The molecule has 2 rings (SSSR count). The number of nitrogens with zero attached hydrogens (tertiary/aromatic N) is 2. The average Bonchev–Trinajstić information content (AvgIpc) is 2.66. The standard InChI is InChI=1S/C12H14ClN3/c1-9(14)11-6-15-16(8-11)7-10-3-2-4-12(13)5-10/h2-6,8-9H,7,14H2,1H3. The van der Waals surface area contributed by atoms with Crippen LogP contribution in [0.15, 0.2) is 36.7 Å². The topological polar surface area (TPSA) is 43.8 Å². The Bertz CT molecular complexity index is 477. The summed E-state index contributed by atoms with van der Waals surface area (Å²) in [7, 11) is 0. The lowest BCUT2D eigenvalue weighted by Crippen LogP contribution is -2.04. The highest BCUT2D eigenvalue weighted by Crippen LogP contribution is 2.13. The molecule has 1 heterocycles. The van der Waals surface area contributed by atoms with Gasteiger partial charge < -0.3 is 5.73 Å². The summed E-state index contributed by atoms with van der Waals surface area (Å²) >= 11 is 5.92. The molecule has 0 radical (unpaired) electrons. The Labute approximate surface area is 99.8 Å². The van der Waals surface area contributed by atoms with Crippen molar-refractivity contribution in [2.45, 2.75) is 19.5 Å². The summed E-state index contributed by atoms with van der Waals surface area (Å²) in [4.78, 5) is 0. The second-order valence-corrected chi connectivity index (χ2v) is 4.33. The van der Waals surface area contributed by atoms with E-state index in [-0.39, 0.29) is 6.04 Å². The van der Waals surface area contributed by atoms with E-state index in [9.17, 15) is 0 Å². The Morgan fingerprint density at radius 3 is 2.94 bits per heavy atom. The van der Waals surface area contributed by atoms with Crippen LogP contribution in [0.4, 0.5) is 0 Å². The van der Waals surface area contributed by atoms with Crippen molar-refractivity contribution in [2.24, 2.45) is 5.73 Å². The molecule has 1 unspecified atom stereocenters. The zero-order chi connectivity index (χ0) is 11.5. The molecule has 3 nitrogen and oxygen atoms in total. The molecule has 0 saturated heterocycles. The fourth-order valence-corrected chi connectivity index (χ4v) is 1.74. The summed E-state index contributed by atoms with van der Waals surface area (Å²) in [6, 6.07) is 7.79. The number of aromatic nitrogens is 2. The molecule has 2 aromatic rings. The van der Waals surface area contributed by atoms with Crippen molar-refractivity contribution < 1.29 is 0 Å². The Kier molecular flexibility index (Phi) is 3.27. The van der Waals surface area contributed by atoms with Gasteiger partial charge in [0.2, 0.25) is 0 Å². The number of hydrogen-bond donors (Lipinski definition) is 1. The maximum absolute atomic E-state index is 5.92. The third-order valence-corrected chi connectivity index (χ3v) is 2.65. The summed E-state index contributed by atoms with van der Waals surface area (Å²) in [5.74, 6) is 0. The first-order chi connectivity index (χ1) is 7.65. The first kappa shape index (κ1) is 11.2. The largest absolute Gasteiger partial charge is 0.324 e. The van der Waals surface area contributed by atoms with Crippen LogP contribution in [0, 0.1) is 0 Å². The summed E-state index contributed by atoms with van der Waals surface area (Å²) in [5.41, 5.74) is 7.94. The molecule has 2 N–H and O–H groups in total. The SMILES string of the molecule is CC(N)c1cnn(Cc2cccc(Cl)c2)c1. The van der Waals surface area contributed by atoms with E-state index in [4.69, 9.17) is 17.3 Å². The van der Waals surface area contributed by atoms with Gasteiger partial charge in [-0.05, 0) is 24.6 Å². The highest BCUT2D eigenvalue weighted by Gasteiger charge is 2.03. The number of rotatable bonds is 3. The highest BCUT2D eigenvalue weighted by atomic mass is 35.5. The minimum absolute atomic E-state index is 0.0214. The average molecular weight is 236 g/mol. The van der Waals surface area contributed by atoms with Gasteiger partial charge in [0.15, 0.2) is 0 Å². The molecule has 1 aromatic heterocycles. The fourth-order valence-electron chi connectivity index (χ4n) is 1.52. The van der Waals surface area contributed by atoms with Crippen molar-refractivity contribution >= 4 is 11.6 Å². The second-order valence-electron chi connectivity index (χ2n) is 3.89. The summed E-state index contributed by atoms with van der Waals surface area (Å²) in [6.45, 7) is 2.66. The van der Waals surface area contributed by atoms with Gasteiger partial charge in [0, 0.05) is 22.8 Å². The molecule has 0 aliphatic heterocycles. The summed E-state index contributed by atoms with van der Waals surface area (Å²) in [6.07, 6.45) is 3.76. The zero-order valence-corrected chi connectivity index (χ0v) is 9.85. The van der Waals surface area contributed by atoms with E-state index in [1.165, 1.54) is 0 Å².